The van der Waals surface area contributed by atoms with Crippen molar-refractivity contribution >= 4 is 27.9 Å². The van der Waals surface area contributed by atoms with Crippen LogP contribution in [-0.4, -0.2) is 5.78 Å². The van der Waals surface area contributed by atoms with Crippen LogP contribution in [0.25, 0.3) is 10.8 Å². The van der Waals surface area contributed by atoms with E-state index in [2.05, 4.69) is 38.1 Å². The monoisotopic (exact) mass is 292 g/mol. The summed E-state index contributed by atoms with van der Waals surface area (Å²) in [5.41, 5.74) is 4.82. The summed E-state index contributed by atoms with van der Waals surface area (Å²) in [4.78, 5) is 15.0. The number of benzene rings is 2. The molecule has 1 aromatic heterocycles. The summed E-state index contributed by atoms with van der Waals surface area (Å²) in [5, 5.41) is 2.43. The van der Waals surface area contributed by atoms with E-state index in [0.29, 0.717) is 0 Å². The average Bonchev–Trinajstić information content (AvgIpc) is 3.05. The van der Waals surface area contributed by atoms with Gasteiger partial charge in [-0.3, -0.25) is 4.79 Å². The maximum atomic E-state index is 12.9. The Labute approximate surface area is 128 Å². The van der Waals surface area contributed by atoms with E-state index in [4.69, 9.17) is 0 Å². The third-order valence-corrected chi connectivity index (χ3v) is 5.66. The molecule has 2 aromatic carbocycles. The number of hydrogen-bond acceptors (Lipinski definition) is 2. The maximum Gasteiger partial charge on any atom is 0.203 e. The van der Waals surface area contributed by atoms with Gasteiger partial charge in [-0.2, -0.15) is 0 Å². The highest BCUT2D eigenvalue weighted by Gasteiger charge is 2.20. The van der Waals surface area contributed by atoms with Crippen LogP contribution in [-0.2, 0) is 12.8 Å². The third-order valence-electron chi connectivity index (χ3n) is 4.51. The molecule has 0 amide bonds. The highest BCUT2D eigenvalue weighted by atomic mass is 32.1. The van der Waals surface area contributed by atoms with Gasteiger partial charge in [-0.1, -0.05) is 30.3 Å². The van der Waals surface area contributed by atoms with Gasteiger partial charge in [0, 0.05) is 10.4 Å². The first-order valence-electron chi connectivity index (χ1n) is 7.30. The summed E-state index contributed by atoms with van der Waals surface area (Å²) in [6, 6.07) is 12.5. The van der Waals surface area contributed by atoms with Crippen molar-refractivity contribution in [1.29, 1.82) is 0 Å². The van der Waals surface area contributed by atoms with Gasteiger partial charge in [0.25, 0.3) is 0 Å². The standard InChI is InChI=1S/C19H16OS/c1-11-10-17(21-12(11)2)19(20)16-9-8-14-7-6-13-4-3-5-15(16)18(13)14/h3-5,8-10H,6-7H2,1-2H3. The van der Waals surface area contributed by atoms with Gasteiger partial charge in [0.05, 0.1) is 4.88 Å². The maximum absolute atomic E-state index is 12.9. The molecule has 0 atom stereocenters. The third kappa shape index (κ3) is 1.86. The van der Waals surface area contributed by atoms with E-state index >= 15 is 0 Å². The smallest absolute Gasteiger partial charge is 0.203 e. The molecule has 2 heteroatoms. The van der Waals surface area contributed by atoms with Crippen LogP contribution in [0.2, 0.25) is 0 Å². The zero-order valence-electron chi connectivity index (χ0n) is 12.2. The molecule has 1 aliphatic carbocycles. The molecule has 1 heterocycles. The summed E-state index contributed by atoms with van der Waals surface area (Å²) in [6.07, 6.45) is 2.20. The minimum Gasteiger partial charge on any atom is -0.288 e. The minimum absolute atomic E-state index is 0.159. The van der Waals surface area contributed by atoms with Gasteiger partial charge in [-0.15, -0.1) is 11.3 Å². The Kier molecular flexibility index (Phi) is 2.76. The van der Waals surface area contributed by atoms with Gasteiger partial charge in [-0.05, 0) is 60.2 Å². The summed E-state index contributed by atoms with van der Waals surface area (Å²) >= 11 is 1.60. The number of carbonyl (C=O) groups is 1. The molecule has 4 rings (SSSR count). The molecule has 0 aliphatic heterocycles. The molecule has 3 aromatic rings. The molecule has 0 bridgehead atoms. The van der Waals surface area contributed by atoms with Crippen molar-refractivity contribution in [2.24, 2.45) is 0 Å². The first kappa shape index (κ1) is 12.8. The molecular weight excluding hydrogens is 276 g/mol. The van der Waals surface area contributed by atoms with Crippen LogP contribution in [0.4, 0.5) is 0 Å². The van der Waals surface area contributed by atoms with E-state index in [9.17, 15) is 4.79 Å². The average molecular weight is 292 g/mol. The van der Waals surface area contributed by atoms with E-state index < -0.39 is 0 Å². The largest absolute Gasteiger partial charge is 0.288 e. The van der Waals surface area contributed by atoms with E-state index in [1.807, 2.05) is 12.1 Å². The van der Waals surface area contributed by atoms with Crippen molar-refractivity contribution < 1.29 is 4.79 Å². The van der Waals surface area contributed by atoms with E-state index in [1.165, 1.54) is 27.0 Å². The van der Waals surface area contributed by atoms with Crippen LogP contribution >= 0.6 is 11.3 Å². The van der Waals surface area contributed by atoms with Crippen LogP contribution < -0.4 is 0 Å². The van der Waals surface area contributed by atoms with Crippen LogP contribution in [0.15, 0.2) is 36.4 Å². The quantitative estimate of drug-likeness (QED) is 0.617. The summed E-state index contributed by atoms with van der Waals surface area (Å²) in [6.45, 7) is 4.14. The highest BCUT2D eigenvalue weighted by molar-refractivity contribution is 7.14. The Morgan fingerprint density at radius 1 is 1.05 bits per heavy atom. The Hall–Kier alpha value is -1.93. The first-order valence-corrected chi connectivity index (χ1v) is 8.12. The van der Waals surface area contributed by atoms with Crippen molar-refractivity contribution in [3.05, 3.63) is 68.4 Å². The van der Waals surface area contributed by atoms with Crippen LogP contribution in [0.3, 0.4) is 0 Å². The second-order valence-corrected chi connectivity index (χ2v) is 7.05. The number of ketones is 1. The van der Waals surface area contributed by atoms with Gasteiger partial charge >= 0.3 is 0 Å². The predicted molar refractivity (Wildman–Crippen MR) is 88.6 cm³/mol. The molecule has 104 valence electrons. The molecule has 0 unspecified atom stereocenters. The summed E-state index contributed by atoms with van der Waals surface area (Å²) < 4.78 is 0. The second kappa shape index (κ2) is 4.54. The van der Waals surface area contributed by atoms with Crippen molar-refractivity contribution in [2.75, 3.05) is 0 Å². The van der Waals surface area contributed by atoms with Crippen molar-refractivity contribution in [1.82, 2.24) is 0 Å². The number of aryl methyl sites for hydroxylation is 4. The lowest BCUT2D eigenvalue weighted by molar-refractivity contribution is 0.104. The molecule has 0 saturated carbocycles. The normalized spacial score (nSPS) is 13.0. The second-order valence-electron chi connectivity index (χ2n) is 5.79. The fourth-order valence-corrected chi connectivity index (χ4v) is 4.25. The summed E-state index contributed by atoms with van der Waals surface area (Å²) in [7, 11) is 0. The molecule has 0 saturated heterocycles. The van der Waals surface area contributed by atoms with Crippen molar-refractivity contribution in [3.63, 3.8) is 0 Å². The number of carbonyl (C=O) groups excluding carboxylic acids is 1. The molecule has 0 fully saturated rings. The van der Waals surface area contributed by atoms with Crippen molar-refractivity contribution in [2.45, 2.75) is 26.7 Å². The van der Waals surface area contributed by atoms with Crippen molar-refractivity contribution in [3.8, 4) is 0 Å². The Bertz CT molecular complexity index is 856. The molecular formula is C19H16OS. The lowest BCUT2D eigenvalue weighted by atomic mass is 9.97. The lowest BCUT2D eigenvalue weighted by Crippen LogP contribution is -2.00. The SMILES string of the molecule is Cc1cc(C(=O)c2ccc3c4c(cccc24)CC3)sc1C. The van der Waals surface area contributed by atoms with E-state index in [0.717, 1.165) is 28.7 Å². The zero-order valence-corrected chi connectivity index (χ0v) is 13.0. The molecule has 1 nitrogen and oxygen atoms in total. The van der Waals surface area contributed by atoms with Crippen LogP contribution in [0.1, 0.15) is 36.8 Å². The minimum atomic E-state index is 0.159. The molecule has 0 N–H and O–H groups in total. The van der Waals surface area contributed by atoms with Gasteiger partial charge in [-0.25, -0.2) is 0 Å². The molecule has 0 radical (unpaired) electrons. The topological polar surface area (TPSA) is 17.1 Å². The Balaban J connectivity index is 1.93. The molecule has 0 spiro atoms. The highest BCUT2D eigenvalue weighted by Crippen LogP contribution is 2.34. The number of hydrogen-bond donors (Lipinski definition) is 0. The molecule has 1 aliphatic rings. The number of rotatable bonds is 2. The van der Waals surface area contributed by atoms with Gasteiger partial charge in [0.1, 0.15) is 0 Å². The number of thiophene rings is 1. The Morgan fingerprint density at radius 3 is 2.52 bits per heavy atom. The lowest BCUT2D eigenvalue weighted by Gasteiger charge is -2.07. The van der Waals surface area contributed by atoms with E-state index in [-0.39, 0.29) is 5.78 Å². The van der Waals surface area contributed by atoms with Crippen LogP contribution in [0.5, 0.6) is 0 Å². The fourth-order valence-electron chi connectivity index (χ4n) is 3.26. The van der Waals surface area contributed by atoms with Gasteiger partial charge < -0.3 is 0 Å². The zero-order chi connectivity index (χ0) is 14.6. The van der Waals surface area contributed by atoms with Gasteiger partial charge in [0.15, 0.2) is 0 Å². The van der Waals surface area contributed by atoms with E-state index in [1.54, 1.807) is 11.3 Å². The fraction of sp³-hybridized carbons (Fsp3) is 0.211. The first-order chi connectivity index (χ1) is 10.1. The van der Waals surface area contributed by atoms with Crippen LogP contribution in [0, 0.1) is 13.8 Å². The van der Waals surface area contributed by atoms with Gasteiger partial charge in [0.2, 0.25) is 5.78 Å². The Morgan fingerprint density at radius 2 is 1.81 bits per heavy atom. The predicted octanol–water partition coefficient (Wildman–Crippen LogP) is 4.85. The summed E-state index contributed by atoms with van der Waals surface area (Å²) in [5.74, 6) is 0.159. The molecule has 21 heavy (non-hydrogen) atoms.